The van der Waals surface area contributed by atoms with Crippen molar-refractivity contribution in [3.8, 4) is 22.3 Å². The highest BCUT2D eigenvalue weighted by molar-refractivity contribution is 7.26. The van der Waals surface area contributed by atoms with Crippen molar-refractivity contribution in [1.82, 2.24) is 0 Å². The van der Waals surface area contributed by atoms with Crippen molar-refractivity contribution < 1.29 is 0 Å². The van der Waals surface area contributed by atoms with Gasteiger partial charge >= 0.3 is 0 Å². The first-order chi connectivity index (χ1) is 16.2. The Bertz CT molecular complexity index is 1980. The fourth-order valence-corrected chi connectivity index (χ4v) is 7.50. The molecule has 0 amide bonds. The molecule has 1 aliphatic rings. The van der Waals surface area contributed by atoms with Crippen molar-refractivity contribution in [2.75, 3.05) is 0 Å². The SMILES string of the molecule is Cc1ccc2c(c1)sc1cc(C)c3c4c(ccc3c12)-c1cc2ccccc2c2cccc-4c12. The van der Waals surface area contributed by atoms with E-state index in [0.717, 1.165) is 0 Å². The van der Waals surface area contributed by atoms with Gasteiger partial charge in [-0.25, -0.2) is 0 Å². The molecule has 33 heavy (non-hydrogen) atoms. The number of fused-ring (bicyclic) bond motifs is 11. The topological polar surface area (TPSA) is 0 Å². The molecule has 8 rings (SSSR count). The van der Waals surface area contributed by atoms with Gasteiger partial charge in [0.1, 0.15) is 0 Å². The summed E-state index contributed by atoms with van der Waals surface area (Å²) in [4.78, 5) is 0. The van der Waals surface area contributed by atoms with E-state index < -0.39 is 0 Å². The fraction of sp³-hybridized carbons (Fsp3) is 0.0625. The highest BCUT2D eigenvalue weighted by Crippen LogP contribution is 2.53. The van der Waals surface area contributed by atoms with Gasteiger partial charge in [-0.2, -0.15) is 0 Å². The molecule has 0 saturated carbocycles. The van der Waals surface area contributed by atoms with Gasteiger partial charge in [0.2, 0.25) is 0 Å². The average Bonchev–Trinajstić information content (AvgIpc) is 3.35. The molecule has 0 spiro atoms. The average molecular weight is 437 g/mol. The molecular weight excluding hydrogens is 416 g/mol. The summed E-state index contributed by atoms with van der Waals surface area (Å²) in [7, 11) is 0. The monoisotopic (exact) mass is 436 g/mol. The molecule has 0 saturated heterocycles. The molecule has 0 nitrogen and oxygen atoms in total. The Morgan fingerprint density at radius 2 is 1.36 bits per heavy atom. The minimum atomic E-state index is 1.32. The minimum Gasteiger partial charge on any atom is -0.135 e. The number of thiophene rings is 1. The summed E-state index contributed by atoms with van der Waals surface area (Å²) in [6.07, 6.45) is 0. The van der Waals surface area contributed by atoms with Crippen molar-refractivity contribution in [3.63, 3.8) is 0 Å². The third kappa shape index (κ3) is 2.16. The van der Waals surface area contributed by atoms with E-state index in [1.54, 1.807) is 0 Å². The van der Waals surface area contributed by atoms with E-state index >= 15 is 0 Å². The molecule has 0 unspecified atom stereocenters. The Morgan fingerprint density at radius 3 is 2.30 bits per heavy atom. The van der Waals surface area contributed by atoms with Crippen molar-refractivity contribution >= 4 is 63.8 Å². The minimum absolute atomic E-state index is 1.32. The van der Waals surface area contributed by atoms with Crippen LogP contribution in [-0.4, -0.2) is 0 Å². The molecule has 0 bridgehead atoms. The fourth-order valence-electron chi connectivity index (χ4n) is 6.18. The first-order valence-electron chi connectivity index (χ1n) is 11.5. The van der Waals surface area contributed by atoms with Crippen molar-refractivity contribution in [2.24, 2.45) is 0 Å². The Hall–Kier alpha value is -3.68. The van der Waals surface area contributed by atoms with Gasteiger partial charge in [-0.15, -0.1) is 11.3 Å². The summed E-state index contributed by atoms with van der Waals surface area (Å²) in [5, 5.41) is 11.0. The zero-order chi connectivity index (χ0) is 21.8. The molecule has 0 fully saturated rings. The zero-order valence-corrected chi connectivity index (χ0v) is 19.3. The van der Waals surface area contributed by atoms with Crippen LogP contribution in [0.4, 0.5) is 0 Å². The van der Waals surface area contributed by atoms with E-state index in [1.807, 2.05) is 11.3 Å². The summed E-state index contributed by atoms with van der Waals surface area (Å²) in [5.74, 6) is 0. The lowest BCUT2D eigenvalue weighted by Gasteiger charge is -2.12. The molecule has 0 N–H and O–H groups in total. The molecule has 1 aromatic heterocycles. The number of rotatable bonds is 0. The first-order valence-corrected chi connectivity index (χ1v) is 12.3. The van der Waals surface area contributed by atoms with Gasteiger partial charge in [0.05, 0.1) is 0 Å². The van der Waals surface area contributed by atoms with E-state index in [9.17, 15) is 0 Å². The van der Waals surface area contributed by atoms with Crippen LogP contribution >= 0.6 is 11.3 Å². The van der Waals surface area contributed by atoms with Gasteiger partial charge in [-0.05, 0) is 97.7 Å². The number of benzene rings is 6. The van der Waals surface area contributed by atoms with Gasteiger partial charge < -0.3 is 0 Å². The van der Waals surface area contributed by atoms with Gasteiger partial charge in [-0.3, -0.25) is 0 Å². The third-order valence-electron chi connectivity index (χ3n) is 7.53. The second-order valence-electron chi connectivity index (χ2n) is 9.45. The van der Waals surface area contributed by atoms with Crippen LogP contribution < -0.4 is 0 Å². The second-order valence-corrected chi connectivity index (χ2v) is 10.5. The summed E-state index contributed by atoms with van der Waals surface area (Å²) in [5.41, 5.74) is 8.23. The molecule has 0 radical (unpaired) electrons. The summed E-state index contributed by atoms with van der Waals surface area (Å²) in [6, 6.07) is 32.1. The Kier molecular flexibility index (Phi) is 3.24. The summed E-state index contributed by atoms with van der Waals surface area (Å²) < 4.78 is 2.77. The maximum absolute atomic E-state index is 2.41. The Labute approximate surface area is 195 Å². The largest absolute Gasteiger partial charge is 0.135 e. The first kappa shape index (κ1) is 17.8. The van der Waals surface area contributed by atoms with E-state index in [1.165, 1.54) is 85.9 Å². The van der Waals surface area contributed by atoms with Crippen molar-refractivity contribution in [1.29, 1.82) is 0 Å². The highest BCUT2D eigenvalue weighted by Gasteiger charge is 2.26. The van der Waals surface area contributed by atoms with Crippen LogP contribution in [0.25, 0.3) is 74.7 Å². The smallest absolute Gasteiger partial charge is 0.0364 e. The van der Waals surface area contributed by atoms with Crippen molar-refractivity contribution in [2.45, 2.75) is 13.8 Å². The molecule has 154 valence electrons. The molecule has 1 aliphatic carbocycles. The lowest BCUT2D eigenvalue weighted by Crippen LogP contribution is -1.86. The van der Waals surface area contributed by atoms with Gasteiger partial charge in [0.25, 0.3) is 0 Å². The van der Waals surface area contributed by atoms with E-state index in [-0.39, 0.29) is 0 Å². The van der Waals surface area contributed by atoms with E-state index in [2.05, 4.69) is 98.8 Å². The Balaban J connectivity index is 1.59. The molecule has 1 heterocycles. The van der Waals surface area contributed by atoms with Crippen LogP contribution in [0, 0.1) is 13.8 Å². The maximum Gasteiger partial charge on any atom is 0.0364 e. The summed E-state index contributed by atoms with van der Waals surface area (Å²) in [6.45, 7) is 4.47. The maximum atomic E-state index is 2.41. The lowest BCUT2D eigenvalue weighted by atomic mass is 9.91. The molecule has 7 aromatic rings. The zero-order valence-electron chi connectivity index (χ0n) is 18.5. The molecular formula is C32H20S. The predicted molar refractivity (Wildman–Crippen MR) is 146 cm³/mol. The quantitative estimate of drug-likeness (QED) is 0.207. The second kappa shape index (κ2) is 6.01. The van der Waals surface area contributed by atoms with Crippen LogP contribution in [0.1, 0.15) is 11.1 Å². The molecule has 0 atom stereocenters. The van der Waals surface area contributed by atoms with Gasteiger partial charge in [0.15, 0.2) is 0 Å². The molecule has 1 heteroatoms. The molecule has 6 aromatic carbocycles. The van der Waals surface area contributed by atoms with Crippen LogP contribution in [-0.2, 0) is 0 Å². The standard InChI is InChI=1S/C32H20S/c1-17-10-11-23-27(14-17)33-28-15-18(2)29-25(31(23)28)13-12-22-26-16-19-6-3-4-7-20(19)21-8-5-9-24(30(21)26)32(22)29/h3-16H,1-2H3. The number of hydrogen-bond acceptors (Lipinski definition) is 1. The van der Waals surface area contributed by atoms with Crippen LogP contribution in [0.5, 0.6) is 0 Å². The highest BCUT2D eigenvalue weighted by atomic mass is 32.1. The number of aryl methyl sites for hydroxylation is 2. The number of hydrogen-bond donors (Lipinski definition) is 0. The van der Waals surface area contributed by atoms with E-state index in [0.29, 0.717) is 0 Å². The molecule has 0 aliphatic heterocycles. The van der Waals surface area contributed by atoms with Crippen LogP contribution in [0.2, 0.25) is 0 Å². The summed E-state index contributed by atoms with van der Waals surface area (Å²) >= 11 is 1.92. The van der Waals surface area contributed by atoms with Crippen molar-refractivity contribution in [3.05, 3.63) is 96.1 Å². The lowest BCUT2D eigenvalue weighted by molar-refractivity contribution is 1.52. The predicted octanol–water partition coefficient (Wildman–Crippen LogP) is 9.78. The third-order valence-corrected chi connectivity index (χ3v) is 8.63. The van der Waals surface area contributed by atoms with E-state index in [4.69, 9.17) is 0 Å². The van der Waals surface area contributed by atoms with Gasteiger partial charge in [0, 0.05) is 20.2 Å². The Morgan fingerprint density at radius 1 is 0.515 bits per heavy atom. The van der Waals surface area contributed by atoms with Crippen LogP contribution in [0.3, 0.4) is 0 Å². The van der Waals surface area contributed by atoms with Gasteiger partial charge in [-0.1, -0.05) is 66.7 Å². The normalized spacial score (nSPS) is 12.5. The van der Waals surface area contributed by atoms with Crippen LogP contribution in [0.15, 0.2) is 84.9 Å².